The van der Waals surface area contributed by atoms with Crippen LogP contribution in [0.1, 0.15) is 6.92 Å². The fraction of sp³-hybridized carbons (Fsp3) is 0.429. The molecular weight excluding hydrogens is 230 g/mol. The number of hydrogen-bond donors (Lipinski definition) is 1. The van der Waals surface area contributed by atoms with E-state index < -0.39 is 27.2 Å². The lowest BCUT2D eigenvalue weighted by atomic mass is 10.7. The predicted octanol–water partition coefficient (Wildman–Crippen LogP) is 0.673. The molecule has 1 aromatic rings. The van der Waals surface area contributed by atoms with Gasteiger partial charge in [0, 0.05) is 12.4 Å². The van der Waals surface area contributed by atoms with Crippen molar-refractivity contribution in [2.75, 3.05) is 6.61 Å². The van der Waals surface area contributed by atoms with Crippen molar-refractivity contribution in [2.24, 2.45) is 0 Å². The van der Waals surface area contributed by atoms with Crippen LogP contribution in [0.2, 0.25) is 0 Å². The first-order valence-corrected chi connectivity index (χ1v) is 5.11. The second-order valence-corrected chi connectivity index (χ2v) is 3.84. The normalized spacial score (nSPS) is 13.5. The molecule has 0 aliphatic rings. The quantitative estimate of drug-likeness (QED) is 0.783. The van der Waals surface area contributed by atoms with Crippen LogP contribution in [0.5, 0.6) is 0 Å². The van der Waals surface area contributed by atoms with Gasteiger partial charge < -0.3 is 9.72 Å². The van der Waals surface area contributed by atoms with E-state index in [0.29, 0.717) is 0 Å². The van der Waals surface area contributed by atoms with Crippen molar-refractivity contribution < 1.29 is 22.5 Å². The summed E-state index contributed by atoms with van der Waals surface area (Å²) in [6.07, 6.45) is 2.39. The zero-order chi connectivity index (χ0) is 11.5. The van der Waals surface area contributed by atoms with Crippen LogP contribution in [-0.4, -0.2) is 32.0 Å². The molecule has 1 rings (SSSR count). The molecule has 0 radical (unpaired) electrons. The number of aromatic nitrogens is 2. The highest BCUT2D eigenvalue weighted by molar-refractivity contribution is 7.86. The molecule has 1 heterocycles. The molecule has 0 spiro atoms. The van der Waals surface area contributed by atoms with E-state index >= 15 is 0 Å². The maximum Gasteiger partial charge on any atom is 0.422 e. The number of alkyl halides is 2. The highest BCUT2D eigenvalue weighted by atomic mass is 32.2. The summed E-state index contributed by atoms with van der Waals surface area (Å²) < 4.78 is 41.6. The fourth-order valence-electron chi connectivity index (χ4n) is 0.764. The molecule has 5 nitrogen and oxygen atoms in total. The van der Waals surface area contributed by atoms with E-state index in [1.165, 1.54) is 13.1 Å². The monoisotopic (exact) mass is 238 g/mol. The lowest BCUT2D eigenvalue weighted by molar-refractivity contribution is -0.159. The number of rotatable bonds is 4. The van der Waals surface area contributed by atoms with Gasteiger partial charge in [-0.1, -0.05) is 0 Å². The largest absolute Gasteiger partial charge is 0.461 e. The summed E-state index contributed by atoms with van der Waals surface area (Å²) in [6, 6.07) is 0. The van der Waals surface area contributed by atoms with E-state index in [-0.39, 0.29) is 6.61 Å². The Morgan fingerprint density at radius 2 is 2.40 bits per heavy atom. The summed E-state index contributed by atoms with van der Waals surface area (Å²) in [5.41, 5.74) is 0. The first-order valence-electron chi connectivity index (χ1n) is 3.96. The minimum atomic E-state index is -4.09. The Labute approximate surface area is 86.3 Å². The molecule has 0 aromatic carbocycles. The molecule has 0 aliphatic heterocycles. The number of aromatic amines is 1. The zero-order valence-corrected chi connectivity index (χ0v) is 8.51. The third-order valence-electron chi connectivity index (χ3n) is 1.39. The van der Waals surface area contributed by atoms with E-state index in [9.17, 15) is 17.8 Å². The van der Waals surface area contributed by atoms with Crippen LogP contribution in [0.4, 0.5) is 8.78 Å². The predicted molar refractivity (Wildman–Crippen MR) is 46.6 cm³/mol. The summed E-state index contributed by atoms with van der Waals surface area (Å²) in [4.78, 5) is 16.4. The number of nitrogens with one attached hydrogen (secondary N) is 1. The van der Waals surface area contributed by atoms with Crippen LogP contribution < -0.4 is 0 Å². The third kappa shape index (κ3) is 2.38. The fourth-order valence-corrected chi connectivity index (χ4v) is 1.55. The number of ether oxygens (including phenoxy) is 1. The van der Waals surface area contributed by atoms with E-state index in [1.54, 1.807) is 0 Å². The first-order chi connectivity index (χ1) is 7.00. The summed E-state index contributed by atoms with van der Waals surface area (Å²) in [7, 11) is -2.87. The number of esters is 1. The first kappa shape index (κ1) is 11.8. The van der Waals surface area contributed by atoms with Gasteiger partial charge in [0.25, 0.3) is 0 Å². The summed E-state index contributed by atoms with van der Waals surface area (Å²) in [6.45, 7) is 1.17. The van der Waals surface area contributed by atoms with Crippen LogP contribution in [0.3, 0.4) is 0 Å². The Morgan fingerprint density at radius 1 is 1.73 bits per heavy atom. The van der Waals surface area contributed by atoms with E-state index in [4.69, 9.17) is 0 Å². The van der Waals surface area contributed by atoms with Crippen molar-refractivity contribution in [1.29, 1.82) is 0 Å². The molecule has 15 heavy (non-hydrogen) atoms. The zero-order valence-electron chi connectivity index (χ0n) is 7.70. The van der Waals surface area contributed by atoms with Crippen molar-refractivity contribution in [1.82, 2.24) is 9.97 Å². The molecular formula is C7H8F2N2O3S. The second-order valence-electron chi connectivity index (χ2n) is 2.40. The molecule has 1 aromatic heterocycles. The van der Waals surface area contributed by atoms with Gasteiger partial charge >= 0.3 is 11.2 Å². The lowest BCUT2D eigenvalue weighted by Crippen LogP contribution is -2.35. The molecule has 0 unspecified atom stereocenters. The van der Waals surface area contributed by atoms with Crippen LogP contribution >= 0.6 is 0 Å². The van der Waals surface area contributed by atoms with Gasteiger partial charge in [-0.05, 0) is 6.92 Å². The Balaban J connectivity index is 2.86. The molecule has 0 bridgehead atoms. The van der Waals surface area contributed by atoms with E-state index in [0.717, 1.165) is 6.20 Å². The van der Waals surface area contributed by atoms with Gasteiger partial charge in [-0.15, -0.1) is 0 Å². The number of H-pyrrole nitrogens is 1. The third-order valence-corrected chi connectivity index (χ3v) is 2.60. The van der Waals surface area contributed by atoms with Crippen molar-refractivity contribution in [3.05, 3.63) is 12.4 Å². The summed E-state index contributed by atoms with van der Waals surface area (Å²) in [5, 5.41) is -4.55. The van der Waals surface area contributed by atoms with Crippen LogP contribution in [0.25, 0.3) is 0 Å². The van der Waals surface area contributed by atoms with Gasteiger partial charge in [-0.2, -0.15) is 8.78 Å². The van der Waals surface area contributed by atoms with Gasteiger partial charge in [0.05, 0.1) is 6.61 Å². The maximum absolute atomic E-state index is 13.1. The molecule has 0 amide bonds. The smallest absolute Gasteiger partial charge is 0.422 e. The van der Waals surface area contributed by atoms with Crippen LogP contribution in [0, 0.1) is 0 Å². The van der Waals surface area contributed by atoms with Crippen molar-refractivity contribution in [3.8, 4) is 0 Å². The molecule has 84 valence electrons. The number of imidazole rings is 1. The van der Waals surface area contributed by atoms with Gasteiger partial charge in [0.1, 0.15) is 0 Å². The summed E-state index contributed by atoms with van der Waals surface area (Å²) >= 11 is 0. The topological polar surface area (TPSA) is 72.1 Å². The molecule has 0 fully saturated rings. The van der Waals surface area contributed by atoms with Gasteiger partial charge in [-0.3, -0.25) is 0 Å². The molecule has 8 heteroatoms. The van der Waals surface area contributed by atoms with Crippen molar-refractivity contribution in [2.45, 2.75) is 17.3 Å². The standard InChI is InChI=1S/C7H8F2N2O3S/c1-2-14-5(12)7(8,9)15(13)6-10-3-4-11-6/h3-4H,2H2,1H3,(H,10,11)/t15-/m0/s1. The number of carbonyl (C=O) groups excluding carboxylic acids is 1. The molecule has 1 N–H and O–H groups in total. The minimum Gasteiger partial charge on any atom is -0.461 e. The molecule has 0 saturated carbocycles. The number of nitrogens with zero attached hydrogens (tertiary/aromatic N) is 1. The van der Waals surface area contributed by atoms with E-state index in [1.807, 2.05) is 0 Å². The van der Waals surface area contributed by atoms with Crippen LogP contribution in [-0.2, 0) is 20.3 Å². The Morgan fingerprint density at radius 3 is 2.87 bits per heavy atom. The minimum absolute atomic E-state index is 0.205. The summed E-state index contributed by atoms with van der Waals surface area (Å²) in [5.74, 6) is -1.82. The Kier molecular flexibility index (Phi) is 3.51. The second kappa shape index (κ2) is 4.47. The number of halogens is 2. The lowest BCUT2D eigenvalue weighted by Gasteiger charge is -2.11. The molecule has 1 atom stereocenters. The number of carbonyl (C=O) groups is 1. The van der Waals surface area contributed by atoms with Crippen molar-refractivity contribution >= 4 is 16.8 Å². The van der Waals surface area contributed by atoms with Gasteiger partial charge in [0.15, 0.2) is 10.8 Å². The highest BCUT2D eigenvalue weighted by Crippen LogP contribution is 2.24. The number of hydrogen-bond acceptors (Lipinski definition) is 4. The average molecular weight is 238 g/mol. The molecule has 0 saturated heterocycles. The Bertz CT molecular complexity index is 366. The Hall–Kier alpha value is -1.31. The van der Waals surface area contributed by atoms with Crippen LogP contribution in [0.15, 0.2) is 17.6 Å². The SMILES string of the molecule is CCOC(=O)C(F)(F)[S@@](=O)c1ncc[nH]1. The van der Waals surface area contributed by atoms with Gasteiger partial charge in [-0.25, -0.2) is 14.0 Å². The maximum atomic E-state index is 13.1. The average Bonchev–Trinajstić information content (AvgIpc) is 2.69. The van der Waals surface area contributed by atoms with Crippen molar-refractivity contribution in [3.63, 3.8) is 0 Å². The highest BCUT2D eigenvalue weighted by Gasteiger charge is 2.49. The van der Waals surface area contributed by atoms with E-state index in [2.05, 4.69) is 14.7 Å². The van der Waals surface area contributed by atoms with Gasteiger partial charge in [0.2, 0.25) is 5.16 Å². The molecule has 0 aliphatic carbocycles.